The van der Waals surface area contributed by atoms with Crippen LogP contribution < -0.4 is 21.7 Å². The highest BCUT2D eigenvalue weighted by Gasteiger charge is 2.28. The number of carbonyl (C=O) groups excluding carboxylic acids is 4. The first-order valence-electron chi connectivity index (χ1n) is 15.6. The zero-order valence-electron chi connectivity index (χ0n) is 26.8. The van der Waals surface area contributed by atoms with Gasteiger partial charge in [-0.05, 0) is 36.3 Å². The molecule has 0 saturated carbocycles. The van der Waals surface area contributed by atoms with Crippen molar-refractivity contribution >= 4 is 58.7 Å². The van der Waals surface area contributed by atoms with Crippen LogP contribution in [0.1, 0.15) is 74.5 Å². The Kier molecular flexibility index (Phi) is 13.2. The first-order valence-corrected chi connectivity index (χ1v) is 17.4. The van der Waals surface area contributed by atoms with Crippen molar-refractivity contribution in [2.75, 3.05) is 19.6 Å². The van der Waals surface area contributed by atoms with Gasteiger partial charge in [0.1, 0.15) is 21.4 Å². The van der Waals surface area contributed by atoms with Gasteiger partial charge >= 0.3 is 0 Å². The third-order valence-electron chi connectivity index (χ3n) is 7.80. The number of nitrogens with two attached hydrogens (primary N) is 1. The van der Waals surface area contributed by atoms with Crippen molar-refractivity contribution in [3.63, 3.8) is 0 Å². The molecular weight excluding hydrogens is 670 g/mol. The Morgan fingerprint density at radius 2 is 1.50 bits per heavy atom. The van der Waals surface area contributed by atoms with Gasteiger partial charge in [0, 0.05) is 23.8 Å². The third kappa shape index (κ3) is 9.69. The van der Waals surface area contributed by atoms with Crippen LogP contribution in [0.2, 0.25) is 0 Å². The van der Waals surface area contributed by atoms with Crippen molar-refractivity contribution < 1.29 is 19.2 Å². The first kappa shape index (κ1) is 36.7. The largest absolute Gasteiger partial charge is 0.351 e. The molecule has 2 aromatic carbocycles. The van der Waals surface area contributed by atoms with Gasteiger partial charge in [0.25, 0.3) is 11.8 Å². The van der Waals surface area contributed by atoms with Crippen molar-refractivity contribution in [3.05, 3.63) is 104 Å². The molecule has 0 spiro atoms. The maximum Gasteiger partial charge on any atom is 0.271 e. The number of halogens is 1. The van der Waals surface area contributed by atoms with E-state index in [1.54, 1.807) is 10.8 Å². The summed E-state index contributed by atoms with van der Waals surface area (Å²) in [6.45, 7) is 4.17. The van der Waals surface area contributed by atoms with Gasteiger partial charge in [0.2, 0.25) is 11.8 Å². The van der Waals surface area contributed by atoms with Crippen LogP contribution in [0.3, 0.4) is 0 Å². The van der Waals surface area contributed by atoms with Gasteiger partial charge in [0.15, 0.2) is 0 Å². The number of carbonyl (C=O) groups is 4. The number of hydrogen-bond donors (Lipinski definition) is 4. The summed E-state index contributed by atoms with van der Waals surface area (Å²) in [6, 6.07) is 17.3. The predicted molar refractivity (Wildman–Crippen MR) is 189 cm³/mol. The van der Waals surface area contributed by atoms with Crippen LogP contribution in [0.15, 0.2) is 71.4 Å². The lowest BCUT2D eigenvalue weighted by Gasteiger charge is -2.26. The van der Waals surface area contributed by atoms with E-state index in [4.69, 9.17) is 5.73 Å². The number of rotatable bonds is 6. The minimum Gasteiger partial charge on any atom is -0.351 e. The fourth-order valence-electron chi connectivity index (χ4n) is 5.30. The molecule has 3 heterocycles. The molecule has 48 heavy (non-hydrogen) atoms. The van der Waals surface area contributed by atoms with E-state index in [2.05, 4.69) is 25.9 Å². The standard InChI is InChI=1S/C34H39N7O4S2.ClH/c1-21(2)29-33-39-26(19-47-33)30(43)36-14-9-15-41(34(45)24(35)16-22-10-5-3-6-11-22)18-28(42)37-25(17-23-12-7-4-8-13-23)32-38-27(20-46-32)31(44)40-29;/h3-8,10-13,19-21,24-25,29H,9,14-18,35H2,1-2H3,(H,36,43)(H,37,42)(H,40,44);1H/t24-,25?,29-;/m0./s1. The Bertz CT molecular complexity index is 1680. The van der Waals surface area contributed by atoms with Crippen LogP contribution in [0, 0.1) is 5.92 Å². The second-order valence-electron chi connectivity index (χ2n) is 11.8. The van der Waals surface area contributed by atoms with Crippen LogP contribution >= 0.6 is 35.1 Å². The lowest BCUT2D eigenvalue weighted by atomic mass is 10.0. The van der Waals surface area contributed by atoms with Crippen LogP contribution in [0.25, 0.3) is 0 Å². The molecule has 4 amide bonds. The molecule has 5 N–H and O–H groups in total. The molecule has 14 heteroatoms. The van der Waals surface area contributed by atoms with Gasteiger partial charge in [-0.25, -0.2) is 9.97 Å². The average molecular weight is 710 g/mol. The van der Waals surface area contributed by atoms with Gasteiger partial charge in [0.05, 0.1) is 24.7 Å². The fraction of sp³-hybridized carbons (Fsp3) is 0.353. The summed E-state index contributed by atoms with van der Waals surface area (Å²) in [5.74, 6) is -1.49. The highest BCUT2D eigenvalue weighted by Crippen LogP contribution is 2.27. The molecule has 3 atom stereocenters. The topological polar surface area (TPSA) is 159 Å². The number of amides is 4. The predicted octanol–water partition coefficient (Wildman–Crippen LogP) is 4.08. The van der Waals surface area contributed by atoms with E-state index in [-0.39, 0.29) is 73.0 Å². The van der Waals surface area contributed by atoms with Gasteiger partial charge < -0.3 is 26.6 Å². The molecule has 11 nitrogen and oxygen atoms in total. The lowest BCUT2D eigenvalue weighted by Crippen LogP contribution is -2.49. The highest BCUT2D eigenvalue weighted by atomic mass is 35.5. The molecule has 2 aromatic heterocycles. The molecule has 0 saturated heterocycles. The highest BCUT2D eigenvalue weighted by molar-refractivity contribution is 7.10. The van der Waals surface area contributed by atoms with E-state index in [1.807, 2.05) is 74.5 Å². The van der Waals surface area contributed by atoms with Gasteiger partial charge in [-0.15, -0.1) is 35.1 Å². The van der Waals surface area contributed by atoms with Gasteiger partial charge in [-0.1, -0.05) is 74.5 Å². The molecule has 5 rings (SSSR count). The van der Waals surface area contributed by atoms with Crippen LogP contribution in [-0.4, -0.2) is 64.2 Å². The van der Waals surface area contributed by atoms with E-state index in [0.29, 0.717) is 29.3 Å². The number of aromatic nitrogens is 2. The molecular formula is C34H40ClN7O4S2. The molecule has 0 fully saturated rings. The second-order valence-corrected chi connectivity index (χ2v) is 13.6. The summed E-state index contributed by atoms with van der Waals surface area (Å²) in [6.07, 6.45) is 1.15. The summed E-state index contributed by atoms with van der Waals surface area (Å²) in [4.78, 5) is 64.2. The number of fused-ring (bicyclic) bond motifs is 4. The molecule has 1 aliphatic rings. The van der Waals surface area contributed by atoms with E-state index in [1.165, 1.54) is 27.6 Å². The Hall–Kier alpha value is -4.17. The molecule has 0 aliphatic carbocycles. The SMILES string of the molecule is CC(C)[C@@H]1NC(=O)c2csc(n2)C(Cc2ccccc2)NC(=O)CN(C(=O)[C@@H](N)Cc2ccccc2)CCCNC(=O)c2csc1n2.Cl. The zero-order valence-corrected chi connectivity index (χ0v) is 29.2. The smallest absolute Gasteiger partial charge is 0.271 e. The number of nitrogens with one attached hydrogen (secondary N) is 3. The van der Waals surface area contributed by atoms with Crippen molar-refractivity contribution in [2.45, 2.75) is 51.2 Å². The summed E-state index contributed by atoms with van der Waals surface area (Å²) < 4.78 is 0. The zero-order chi connectivity index (χ0) is 33.3. The molecule has 0 radical (unpaired) electrons. The fourth-order valence-corrected chi connectivity index (χ4v) is 7.17. The van der Waals surface area contributed by atoms with Crippen molar-refractivity contribution in [2.24, 2.45) is 11.7 Å². The lowest BCUT2D eigenvalue weighted by molar-refractivity contribution is -0.137. The quantitative estimate of drug-likeness (QED) is 0.235. The van der Waals surface area contributed by atoms with Crippen molar-refractivity contribution in [3.8, 4) is 0 Å². The molecule has 1 unspecified atom stereocenters. The van der Waals surface area contributed by atoms with Crippen LogP contribution in [0.5, 0.6) is 0 Å². The number of benzene rings is 2. The summed E-state index contributed by atoms with van der Waals surface area (Å²) in [5, 5.41) is 13.5. The van der Waals surface area contributed by atoms with E-state index < -0.39 is 18.1 Å². The third-order valence-corrected chi connectivity index (χ3v) is 9.68. The molecule has 1 aliphatic heterocycles. The second kappa shape index (κ2) is 17.3. The minimum atomic E-state index is -0.858. The molecule has 4 aromatic rings. The van der Waals surface area contributed by atoms with Crippen LogP contribution in [0.4, 0.5) is 0 Å². The normalized spacial score (nSPS) is 18.3. The Labute approximate surface area is 294 Å². The number of thiazole rings is 2. The number of nitrogens with zero attached hydrogens (tertiary/aromatic N) is 3. The van der Waals surface area contributed by atoms with E-state index in [0.717, 1.165) is 11.1 Å². The van der Waals surface area contributed by atoms with Gasteiger partial charge in [-0.2, -0.15) is 0 Å². The van der Waals surface area contributed by atoms with E-state index in [9.17, 15) is 19.2 Å². The monoisotopic (exact) mass is 709 g/mol. The van der Waals surface area contributed by atoms with Crippen molar-refractivity contribution in [1.29, 1.82) is 0 Å². The molecule has 4 bridgehead atoms. The Balaban J connectivity index is 0.00000520. The number of hydrogen-bond acceptors (Lipinski definition) is 9. The molecule has 254 valence electrons. The Morgan fingerprint density at radius 1 is 0.896 bits per heavy atom. The summed E-state index contributed by atoms with van der Waals surface area (Å²) in [7, 11) is 0. The van der Waals surface area contributed by atoms with Crippen LogP contribution in [-0.2, 0) is 22.4 Å². The minimum absolute atomic E-state index is 0. The maximum absolute atomic E-state index is 13.6. The first-order chi connectivity index (χ1) is 22.7. The van der Waals surface area contributed by atoms with Gasteiger partial charge in [-0.3, -0.25) is 19.2 Å². The summed E-state index contributed by atoms with van der Waals surface area (Å²) >= 11 is 2.59. The van der Waals surface area contributed by atoms with Crippen molar-refractivity contribution in [1.82, 2.24) is 30.8 Å². The average Bonchev–Trinajstić information content (AvgIpc) is 3.76. The maximum atomic E-state index is 13.6. The van der Waals surface area contributed by atoms with E-state index >= 15 is 0 Å². The Morgan fingerprint density at radius 3 is 2.17 bits per heavy atom. The summed E-state index contributed by atoms with van der Waals surface area (Å²) in [5.41, 5.74) is 8.74.